The van der Waals surface area contributed by atoms with Gasteiger partial charge in [0.2, 0.25) is 5.95 Å². The van der Waals surface area contributed by atoms with Crippen molar-refractivity contribution in [3.05, 3.63) is 54.9 Å². The topological polar surface area (TPSA) is 83.0 Å². The third-order valence-corrected chi connectivity index (χ3v) is 3.60. The van der Waals surface area contributed by atoms with Gasteiger partial charge in [0.25, 0.3) is 0 Å². The zero-order valence-corrected chi connectivity index (χ0v) is 13.3. The van der Waals surface area contributed by atoms with E-state index in [-0.39, 0.29) is 6.10 Å². The first-order valence-corrected chi connectivity index (χ1v) is 7.67. The number of aromatic nitrogens is 7. The summed E-state index contributed by atoms with van der Waals surface area (Å²) in [5.74, 6) is 0.151. The van der Waals surface area contributed by atoms with Crippen molar-refractivity contribution in [1.29, 1.82) is 0 Å². The first-order valence-electron chi connectivity index (χ1n) is 7.67. The first kappa shape index (κ1) is 15.2. The Balaban J connectivity index is 1.55. The molecule has 0 fully saturated rings. The van der Waals surface area contributed by atoms with Gasteiger partial charge in [-0.2, -0.15) is 4.39 Å². The molecule has 0 radical (unpaired) electrons. The Labute approximate surface area is 141 Å². The van der Waals surface area contributed by atoms with Crippen molar-refractivity contribution in [3.8, 4) is 17.0 Å². The highest BCUT2D eigenvalue weighted by Crippen LogP contribution is 2.23. The Morgan fingerprint density at radius 1 is 1.24 bits per heavy atom. The standard InChI is InChI=1S/C16H14FN7O/c1-11(9-23-10-18-21-22-23)25-13-4-2-3-12(7-13)14-5-6-24-16(19-14)8-15(17)20-24/h2-8,10-11H,9H2,1H3. The van der Waals surface area contributed by atoms with E-state index in [1.807, 2.05) is 31.2 Å². The van der Waals surface area contributed by atoms with Crippen LogP contribution in [-0.2, 0) is 6.54 Å². The van der Waals surface area contributed by atoms with Gasteiger partial charge in [-0.3, -0.25) is 0 Å². The lowest BCUT2D eigenvalue weighted by molar-refractivity contribution is 0.193. The lowest BCUT2D eigenvalue weighted by atomic mass is 10.1. The van der Waals surface area contributed by atoms with E-state index in [0.717, 1.165) is 5.56 Å². The lowest BCUT2D eigenvalue weighted by Gasteiger charge is -2.14. The molecule has 0 aliphatic carbocycles. The van der Waals surface area contributed by atoms with E-state index in [9.17, 15) is 4.39 Å². The van der Waals surface area contributed by atoms with Crippen LogP contribution >= 0.6 is 0 Å². The molecule has 126 valence electrons. The number of tetrazole rings is 1. The molecule has 0 saturated carbocycles. The van der Waals surface area contributed by atoms with Crippen LogP contribution in [0.4, 0.5) is 4.39 Å². The summed E-state index contributed by atoms with van der Waals surface area (Å²) in [6.45, 7) is 2.48. The molecule has 1 unspecified atom stereocenters. The predicted molar refractivity (Wildman–Crippen MR) is 86.3 cm³/mol. The van der Waals surface area contributed by atoms with Gasteiger partial charge in [0.05, 0.1) is 12.2 Å². The van der Waals surface area contributed by atoms with Crippen molar-refractivity contribution >= 4 is 5.65 Å². The largest absolute Gasteiger partial charge is 0.489 e. The van der Waals surface area contributed by atoms with Crippen LogP contribution in [0.15, 0.2) is 48.9 Å². The Hall–Kier alpha value is -3.36. The van der Waals surface area contributed by atoms with Crippen LogP contribution in [-0.4, -0.2) is 40.9 Å². The molecule has 1 aromatic carbocycles. The third kappa shape index (κ3) is 3.30. The number of benzene rings is 1. The summed E-state index contributed by atoms with van der Waals surface area (Å²) in [4.78, 5) is 4.42. The van der Waals surface area contributed by atoms with Crippen molar-refractivity contribution in [2.24, 2.45) is 0 Å². The van der Waals surface area contributed by atoms with Crippen LogP contribution in [0.1, 0.15) is 6.92 Å². The minimum Gasteiger partial charge on any atom is -0.489 e. The number of hydrogen-bond donors (Lipinski definition) is 0. The fourth-order valence-electron chi connectivity index (χ4n) is 2.54. The van der Waals surface area contributed by atoms with Gasteiger partial charge in [-0.25, -0.2) is 14.2 Å². The molecule has 0 bridgehead atoms. The number of rotatable bonds is 5. The van der Waals surface area contributed by atoms with Gasteiger partial charge in [0, 0.05) is 17.8 Å². The molecule has 25 heavy (non-hydrogen) atoms. The Kier molecular flexibility index (Phi) is 3.81. The molecule has 1 atom stereocenters. The highest BCUT2D eigenvalue weighted by Gasteiger charge is 2.09. The van der Waals surface area contributed by atoms with Crippen molar-refractivity contribution in [2.75, 3.05) is 0 Å². The normalized spacial score (nSPS) is 12.4. The molecule has 0 aliphatic heterocycles. The molecule has 8 nitrogen and oxygen atoms in total. The maximum atomic E-state index is 13.2. The fraction of sp³-hybridized carbons (Fsp3) is 0.188. The fourth-order valence-corrected chi connectivity index (χ4v) is 2.54. The highest BCUT2D eigenvalue weighted by molar-refractivity contribution is 5.63. The molecule has 9 heteroatoms. The second kappa shape index (κ2) is 6.27. The molecule has 0 aliphatic rings. The average molecular weight is 339 g/mol. The minimum atomic E-state index is -0.557. The predicted octanol–water partition coefficient (Wildman–Crippen LogP) is 1.99. The summed E-state index contributed by atoms with van der Waals surface area (Å²) in [5.41, 5.74) is 2.04. The van der Waals surface area contributed by atoms with Crippen LogP contribution < -0.4 is 4.74 Å². The Morgan fingerprint density at radius 3 is 3.00 bits per heavy atom. The smallest absolute Gasteiger partial charge is 0.235 e. The molecular formula is C16H14FN7O. The van der Waals surface area contributed by atoms with Gasteiger partial charge in [-0.1, -0.05) is 12.1 Å². The lowest BCUT2D eigenvalue weighted by Crippen LogP contribution is -2.20. The van der Waals surface area contributed by atoms with Crippen LogP contribution in [0.5, 0.6) is 5.75 Å². The zero-order valence-electron chi connectivity index (χ0n) is 13.3. The monoisotopic (exact) mass is 339 g/mol. The van der Waals surface area contributed by atoms with E-state index in [0.29, 0.717) is 23.6 Å². The van der Waals surface area contributed by atoms with Gasteiger partial charge in [0.15, 0.2) is 5.65 Å². The molecule has 0 N–H and O–H groups in total. The van der Waals surface area contributed by atoms with E-state index in [2.05, 4.69) is 25.6 Å². The van der Waals surface area contributed by atoms with E-state index >= 15 is 0 Å². The number of hydrogen-bond acceptors (Lipinski definition) is 6. The Morgan fingerprint density at radius 2 is 2.16 bits per heavy atom. The molecule has 3 heterocycles. The van der Waals surface area contributed by atoms with Gasteiger partial charge >= 0.3 is 0 Å². The van der Waals surface area contributed by atoms with Crippen LogP contribution in [0.3, 0.4) is 0 Å². The van der Waals surface area contributed by atoms with Crippen molar-refractivity contribution in [3.63, 3.8) is 0 Å². The summed E-state index contributed by atoms with van der Waals surface area (Å²) < 4.78 is 22.1. The second-order valence-electron chi connectivity index (χ2n) is 5.57. The molecule has 0 spiro atoms. The summed E-state index contributed by atoms with van der Waals surface area (Å²) in [7, 11) is 0. The van der Waals surface area contributed by atoms with Crippen LogP contribution in [0, 0.1) is 5.95 Å². The number of ether oxygens (including phenoxy) is 1. The SMILES string of the molecule is CC(Cn1cnnn1)Oc1cccc(-c2ccn3nc(F)cc3n2)c1. The van der Waals surface area contributed by atoms with Gasteiger partial charge in [-0.05, 0) is 35.5 Å². The maximum Gasteiger partial charge on any atom is 0.235 e. The van der Waals surface area contributed by atoms with Crippen LogP contribution in [0.2, 0.25) is 0 Å². The van der Waals surface area contributed by atoms with Gasteiger partial charge in [0.1, 0.15) is 18.2 Å². The van der Waals surface area contributed by atoms with Crippen molar-refractivity contribution in [1.82, 2.24) is 34.8 Å². The molecule has 3 aromatic heterocycles. The van der Waals surface area contributed by atoms with Crippen molar-refractivity contribution < 1.29 is 9.13 Å². The minimum absolute atomic E-state index is 0.113. The van der Waals surface area contributed by atoms with E-state index in [1.165, 1.54) is 10.6 Å². The molecule has 4 rings (SSSR count). The number of halogens is 1. The Bertz CT molecular complexity index is 999. The van der Waals surface area contributed by atoms with Crippen molar-refractivity contribution in [2.45, 2.75) is 19.6 Å². The molecule has 4 aromatic rings. The summed E-state index contributed by atoms with van der Waals surface area (Å²) in [6.07, 6.45) is 3.10. The molecule has 0 saturated heterocycles. The quantitative estimate of drug-likeness (QED) is 0.553. The van der Waals surface area contributed by atoms with Crippen LogP contribution in [0.25, 0.3) is 16.9 Å². The summed E-state index contributed by atoms with van der Waals surface area (Å²) >= 11 is 0. The summed E-state index contributed by atoms with van der Waals surface area (Å²) in [6, 6.07) is 10.6. The summed E-state index contributed by atoms with van der Waals surface area (Å²) in [5, 5.41) is 14.7. The second-order valence-corrected chi connectivity index (χ2v) is 5.57. The third-order valence-electron chi connectivity index (χ3n) is 3.60. The van der Waals surface area contributed by atoms with E-state index < -0.39 is 5.95 Å². The number of nitrogens with zero attached hydrogens (tertiary/aromatic N) is 7. The van der Waals surface area contributed by atoms with E-state index in [4.69, 9.17) is 4.74 Å². The van der Waals surface area contributed by atoms with Gasteiger partial charge in [-0.15, -0.1) is 10.2 Å². The average Bonchev–Trinajstić information content (AvgIpc) is 3.22. The zero-order chi connectivity index (χ0) is 17.2. The van der Waals surface area contributed by atoms with Gasteiger partial charge < -0.3 is 4.74 Å². The number of fused-ring (bicyclic) bond motifs is 1. The molecular weight excluding hydrogens is 325 g/mol. The maximum absolute atomic E-state index is 13.2. The highest BCUT2D eigenvalue weighted by atomic mass is 19.1. The first-order chi connectivity index (χ1) is 12.2. The molecule has 0 amide bonds. The van der Waals surface area contributed by atoms with E-state index in [1.54, 1.807) is 23.3 Å².